The Bertz CT molecular complexity index is 527. The predicted molar refractivity (Wildman–Crippen MR) is 76.5 cm³/mol. The van der Waals surface area contributed by atoms with E-state index in [-0.39, 0.29) is 34.8 Å². The van der Waals surface area contributed by atoms with Crippen molar-refractivity contribution >= 4 is 11.7 Å². The van der Waals surface area contributed by atoms with Gasteiger partial charge in [-0.1, -0.05) is 33.3 Å². The molecule has 0 aromatic heterocycles. The molecule has 0 aromatic carbocycles. The second-order valence-corrected chi connectivity index (χ2v) is 6.79. The van der Waals surface area contributed by atoms with Crippen molar-refractivity contribution in [2.45, 2.75) is 53.0 Å². The summed E-state index contributed by atoms with van der Waals surface area (Å²) in [5.41, 5.74) is -0.632. The van der Waals surface area contributed by atoms with Gasteiger partial charge in [-0.3, -0.25) is 4.79 Å². The number of amides is 1. The Morgan fingerprint density at radius 1 is 1.40 bits per heavy atom. The third-order valence-electron chi connectivity index (χ3n) is 5.12. The van der Waals surface area contributed by atoms with Gasteiger partial charge in [0.1, 0.15) is 0 Å². The third-order valence-corrected chi connectivity index (χ3v) is 5.12. The highest BCUT2D eigenvalue weighted by Crippen LogP contribution is 2.55. The Morgan fingerprint density at radius 3 is 2.60 bits per heavy atom. The molecule has 1 saturated carbocycles. The van der Waals surface area contributed by atoms with Gasteiger partial charge in [-0.15, -0.1) is 0 Å². The summed E-state index contributed by atoms with van der Waals surface area (Å²) in [4.78, 5) is 27.3. The van der Waals surface area contributed by atoms with Gasteiger partial charge in [-0.2, -0.15) is 0 Å². The van der Waals surface area contributed by atoms with E-state index in [1.807, 2.05) is 19.9 Å². The molecule has 0 heterocycles. The number of fused-ring (bicyclic) bond motifs is 1. The van der Waals surface area contributed by atoms with E-state index in [1.165, 1.54) is 6.92 Å². The molecule has 0 radical (unpaired) electrons. The highest BCUT2D eigenvalue weighted by Gasteiger charge is 2.55. The number of Topliss-reactive ketones (excluding diaryl/α,β-unsaturated/α-hetero) is 1. The minimum absolute atomic E-state index is 0.00266. The van der Waals surface area contributed by atoms with Crippen molar-refractivity contribution in [1.82, 2.24) is 5.32 Å². The summed E-state index contributed by atoms with van der Waals surface area (Å²) in [6, 6.07) is 0.00266. The van der Waals surface area contributed by atoms with E-state index >= 15 is 0 Å². The van der Waals surface area contributed by atoms with Gasteiger partial charge in [0.25, 0.3) is 0 Å². The number of hydrogen-bond acceptors (Lipinski definition) is 2. The van der Waals surface area contributed by atoms with Gasteiger partial charge in [0.05, 0.1) is 6.57 Å². The van der Waals surface area contributed by atoms with Crippen molar-refractivity contribution < 1.29 is 9.59 Å². The summed E-state index contributed by atoms with van der Waals surface area (Å²) in [6.07, 6.45) is 4.69. The summed E-state index contributed by atoms with van der Waals surface area (Å²) < 4.78 is 0. The quantitative estimate of drug-likeness (QED) is 0.747. The Morgan fingerprint density at radius 2 is 2.05 bits per heavy atom. The average molecular weight is 274 g/mol. The zero-order chi connectivity index (χ0) is 15.1. The Labute approximate surface area is 120 Å². The highest BCUT2D eigenvalue weighted by atomic mass is 16.1. The molecule has 0 unspecified atom stereocenters. The molecule has 2 aliphatic rings. The standard InChI is InChI=1S/C16H22N2O2/c1-10(19)18-13-8-6-7-12-15(2,3)14(20)11(17-5)9-16(12,13)4/h9,12-13H,6-8H2,1-4H3,(H,18,19)/t12-,13-,16-/m0/s1. The van der Waals surface area contributed by atoms with Gasteiger partial charge >= 0.3 is 0 Å². The molecule has 4 heteroatoms. The Kier molecular flexibility index (Phi) is 3.49. The smallest absolute Gasteiger partial charge is 0.226 e. The minimum atomic E-state index is -0.541. The fraction of sp³-hybridized carbons (Fsp3) is 0.688. The van der Waals surface area contributed by atoms with Crippen molar-refractivity contribution in [2.75, 3.05) is 0 Å². The zero-order valence-electron chi connectivity index (χ0n) is 12.6. The van der Waals surface area contributed by atoms with Crippen LogP contribution in [0.15, 0.2) is 11.8 Å². The molecule has 3 atom stereocenters. The topological polar surface area (TPSA) is 50.5 Å². The number of nitrogens with zero attached hydrogens (tertiary/aromatic N) is 1. The number of rotatable bonds is 1. The summed E-state index contributed by atoms with van der Waals surface area (Å²) in [5, 5.41) is 3.02. The van der Waals surface area contributed by atoms with Crippen LogP contribution in [-0.4, -0.2) is 17.7 Å². The first kappa shape index (κ1) is 14.8. The van der Waals surface area contributed by atoms with Gasteiger partial charge < -0.3 is 10.1 Å². The van der Waals surface area contributed by atoms with E-state index in [0.29, 0.717) is 0 Å². The maximum atomic E-state index is 12.4. The molecular weight excluding hydrogens is 252 g/mol. The van der Waals surface area contributed by atoms with E-state index in [0.717, 1.165) is 19.3 Å². The van der Waals surface area contributed by atoms with Gasteiger partial charge in [0, 0.05) is 23.8 Å². The second kappa shape index (κ2) is 4.73. The molecule has 20 heavy (non-hydrogen) atoms. The molecule has 0 saturated heterocycles. The van der Waals surface area contributed by atoms with Gasteiger partial charge in [-0.25, -0.2) is 4.85 Å². The monoisotopic (exact) mass is 274 g/mol. The molecule has 108 valence electrons. The van der Waals surface area contributed by atoms with Crippen molar-refractivity contribution in [1.29, 1.82) is 0 Å². The van der Waals surface area contributed by atoms with E-state index in [4.69, 9.17) is 6.57 Å². The normalized spacial score (nSPS) is 35.5. The SMILES string of the molecule is [C-]#[N+]C1=C[C@]2(C)[C@@H](NC(C)=O)CCC[C@H]2C(C)(C)C1=O. The summed E-state index contributed by atoms with van der Waals surface area (Å²) >= 11 is 0. The maximum absolute atomic E-state index is 12.4. The van der Waals surface area contributed by atoms with Gasteiger partial charge in [-0.05, 0) is 18.8 Å². The van der Waals surface area contributed by atoms with Gasteiger partial charge in [0.15, 0.2) is 5.78 Å². The van der Waals surface area contributed by atoms with Crippen LogP contribution in [0, 0.1) is 23.3 Å². The first-order chi connectivity index (χ1) is 9.23. The predicted octanol–water partition coefficient (Wildman–Crippen LogP) is 2.71. The van der Waals surface area contributed by atoms with Crippen molar-refractivity contribution in [3.05, 3.63) is 23.2 Å². The molecule has 2 rings (SSSR count). The van der Waals surface area contributed by atoms with Crippen molar-refractivity contribution in [3.8, 4) is 0 Å². The zero-order valence-corrected chi connectivity index (χ0v) is 12.6. The second-order valence-electron chi connectivity index (χ2n) is 6.79. The number of hydrogen-bond donors (Lipinski definition) is 1. The van der Waals surface area contributed by atoms with Crippen LogP contribution >= 0.6 is 0 Å². The molecule has 0 bridgehead atoms. The molecule has 1 fully saturated rings. The number of carbonyl (C=O) groups is 2. The van der Waals surface area contributed by atoms with Crippen LogP contribution in [0.1, 0.15) is 47.0 Å². The fourth-order valence-corrected chi connectivity index (χ4v) is 4.14. The summed E-state index contributed by atoms with van der Waals surface area (Å²) in [5.74, 6) is 0.0568. The largest absolute Gasteiger partial charge is 0.353 e. The number of nitrogens with one attached hydrogen (secondary N) is 1. The van der Waals surface area contributed by atoms with Crippen LogP contribution in [0.25, 0.3) is 4.85 Å². The molecule has 0 spiro atoms. The third kappa shape index (κ3) is 2.06. The fourth-order valence-electron chi connectivity index (χ4n) is 4.14. The van der Waals surface area contributed by atoms with Crippen molar-refractivity contribution in [3.63, 3.8) is 0 Å². The molecule has 1 amide bonds. The first-order valence-electron chi connectivity index (χ1n) is 7.15. The van der Waals surface area contributed by atoms with Crippen LogP contribution in [-0.2, 0) is 9.59 Å². The average Bonchev–Trinajstić information content (AvgIpc) is 2.36. The number of carbonyl (C=O) groups excluding carboxylic acids is 2. The van der Waals surface area contributed by atoms with Crippen LogP contribution in [0.3, 0.4) is 0 Å². The molecule has 4 nitrogen and oxygen atoms in total. The maximum Gasteiger partial charge on any atom is 0.226 e. The van der Waals surface area contributed by atoms with Gasteiger partial charge in [0.2, 0.25) is 11.6 Å². The molecule has 2 aliphatic carbocycles. The lowest BCUT2D eigenvalue weighted by Gasteiger charge is -2.54. The molecule has 0 aromatic rings. The molecular formula is C16H22N2O2. The Balaban J connectivity index is 2.52. The van der Waals surface area contributed by atoms with Crippen LogP contribution in [0.2, 0.25) is 0 Å². The van der Waals surface area contributed by atoms with Crippen LogP contribution in [0.5, 0.6) is 0 Å². The van der Waals surface area contributed by atoms with E-state index in [1.54, 1.807) is 0 Å². The molecule has 1 N–H and O–H groups in total. The van der Waals surface area contributed by atoms with E-state index in [9.17, 15) is 9.59 Å². The lowest BCUT2D eigenvalue weighted by atomic mass is 9.51. The van der Waals surface area contributed by atoms with E-state index < -0.39 is 5.41 Å². The highest BCUT2D eigenvalue weighted by molar-refractivity contribution is 6.02. The lowest BCUT2D eigenvalue weighted by molar-refractivity contribution is -0.132. The summed E-state index contributed by atoms with van der Waals surface area (Å²) in [6.45, 7) is 14.7. The lowest BCUT2D eigenvalue weighted by Crippen LogP contribution is -2.58. The van der Waals surface area contributed by atoms with Crippen LogP contribution in [0.4, 0.5) is 0 Å². The first-order valence-corrected chi connectivity index (χ1v) is 7.15. The molecule has 0 aliphatic heterocycles. The summed E-state index contributed by atoms with van der Waals surface area (Å²) in [7, 11) is 0. The number of ketones is 1. The van der Waals surface area contributed by atoms with Crippen molar-refractivity contribution in [2.24, 2.45) is 16.7 Å². The number of allylic oxidation sites excluding steroid dienone is 1. The van der Waals surface area contributed by atoms with Crippen LogP contribution < -0.4 is 5.32 Å². The minimum Gasteiger partial charge on any atom is -0.353 e. The van der Waals surface area contributed by atoms with E-state index in [2.05, 4.69) is 17.1 Å². The Hall–Kier alpha value is -1.63.